The number of hydrogen-bond donors (Lipinski definition) is 1. The van der Waals surface area contributed by atoms with E-state index in [-0.39, 0.29) is 18.1 Å². The Labute approximate surface area is 144 Å². The van der Waals surface area contributed by atoms with Gasteiger partial charge in [0.05, 0.1) is 18.8 Å². The molecule has 132 valence electrons. The minimum Gasteiger partial charge on any atom is -0.390 e. The van der Waals surface area contributed by atoms with Crippen LogP contribution in [0.2, 0.25) is 0 Å². The van der Waals surface area contributed by atoms with Crippen molar-refractivity contribution >= 4 is 5.91 Å². The number of carbonyl (C=O) groups excluding carboxylic acids is 1. The largest absolute Gasteiger partial charge is 0.390 e. The first kappa shape index (κ1) is 17.4. The van der Waals surface area contributed by atoms with E-state index < -0.39 is 6.10 Å². The van der Waals surface area contributed by atoms with Crippen LogP contribution in [0, 0.1) is 6.92 Å². The highest BCUT2D eigenvalue weighted by atomic mass is 16.5. The highest BCUT2D eigenvalue weighted by molar-refractivity contribution is 5.78. The first-order valence-electron chi connectivity index (χ1n) is 8.91. The molecule has 3 rings (SSSR count). The van der Waals surface area contributed by atoms with Gasteiger partial charge in [0.25, 0.3) is 0 Å². The third kappa shape index (κ3) is 3.97. The Bertz CT molecular complexity index is 577. The molecule has 24 heavy (non-hydrogen) atoms. The molecule has 1 N–H and O–H groups in total. The zero-order chi connectivity index (χ0) is 17.1. The summed E-state index contributed by atoms with van der Waals surface area (Å²) in [5.41, 5.74) is 2.46. The van der Waals surface area contributed by atoms with E-state index in [1.807, 2.05) is 12.1 Å². The molecule has 3 unspecified atom stereocenters. The summed E-state index contributed by atoms with van der Waals surface area (Å²) in [6.07, 6.45) is 1.07. The maximum absolute atomic E-state index is 11.7. The maximum atomic E-state index is 11.7. The molecule has 5 nitrogen and oxygen atoms in total. The predicted molar refractivity (Wildman–Crippen MR) is 92.7 cm³/mol. The lowest BCUT2D eigenvalue weighted by molar-refractivity contribution is -0.129. The number of nitrogens with zero attached hydrogens (tertiary/aromatic N) is 2. The summed E-state index contributed by atoms with van der Waals surface area (Å²) in [6.45, 7) is 7.47. The van der Waals surface area contributed by atoms with Crippen molar-refractivity contribution in [3.63, 3.8) is 0 Å². The lowest BCUT2D eigenvalue weighted by Gasteiger charge is -2.39. The third-order valence-electron chi connectivity index (χ3n) is 5.15. The molecule has 0 bridgehead atoms. The number of β-amino-alcohol motifs (C(OH)–C–C–N with tert-alkyl or cyclic N) is 1. The molecule has 5 heteroatoms. The molecule has 1 aromatic rings. The topological polar surface area (TPSA) is 53.0 Å². The zero-order valence-corrected chi connectivity index (χ0v) is 14.6. The average Bonchev–Trinajstić information content (AvgIpc) is 2.95. The summed E-state index contributed by atoms with van der Waals surface area (Å²) in [5, 5.41) is 10.4. The number of hydrogen-bond acceptors (Lipinski definition) is 4. The smallest absolute Gasteiger partial charge is 0.222 e. The molecule has 2 aliphatic heterocycles. The van der Waals surface area contributed by atoms with Crippen molar-refractivity contribution in [1.29, 1.82) is 0 Å². The predicted octanol–water partition coefficient (Wildman–Crippen LogP) is 1.74. The van der Waals surface area contributed by atoms with Gasteiger partial charge in [0.1, 0.15) is 0 Å². The minimum absolute atomic E-state index is 0.0445. The van der Waals surface area contributed by atoms with E-state index in [9.17, 15) is 9.90 Å². The number of aryl methyl sites for hydroxylation is 1. The Morgan fingerprint density at radius 1 is 1.33 bits per heavy atom. The van der Waals surface area contributed by atoms with Gasteiger partial charge in [0.2, 0.25) is 5.91 Å². The number of aliphatic hydroxyl groups is 1. The van der Waals surface area contributed by atoms with Crippen LogP contribution in [-0.4, -0.2) is 65.7 Å². The molecule has 0 saturated carbocycles. The van der Waals surface area contributed by atoms with Crippen molar-refractivity contribution < 1.29 is 14.6 Å². The number of likely N-dealkylation sites (tertiary alicyclic amines) is 1. The first-order chi connectivity index (χ1) is 11.5. The highest BCUT2D eigenvalue weighted by Crippen LogP contribution is 2.27. The van der Waals surface area contributed by atoms with Gasteiger partial charge in [-0.2, -0.15) is 0 Å². The zero-order valence-electron chi connectivity index (χ0n) is 14.6. The molecule has 2 heterocycles. The van der Waals surface area contributed by atoms with Gasteiger partial charge in [-0.3, -0.25) is 9.69 Å². The van der Waals surface area contributed by atoms with Gasteiger partial charge in [-0.15, -0.1) is 0 Å². The van der Waals surface area contributed by atoms with Crippen molar-refractivity contribution in [2.24, 2.45) is 0 Å². The lowest BCUT2D eigenvalue weighted by atomic mass is 10.0. The van der Waals surface area contributed by atoms with Crippen molar-refractivity contribution in [2.45, 2.75) is 44.9 Å². The second-order valence-electron chi connectivity index (χ2n) is 7.08. The molecule has 0 radical (unpaired) electrons. The SMILES string of the molecule is Cc1ccccc1C1CN(CC(O)CN2CCCC2=O)C(C)CO1. The summed E-state index contributed by atoms with van der Waals surface area (Å²) >= 11 is 0. The van der Waals surface area contributed by atoms with E-state index in [0.717, 1.165) is 19.5 Å². The molecule has 2 saturated heterocycles. The summed E-state index contributed by atoms with van der Waals surface area (Å²) in [4.78, 5) is 15.8. The van der Waals surface area contributed by atoms with Crippen molar-refractivity contribution in [2.75, 3.05) is 32.8 Å². The number of rotatable bonds is 5. The van der Waals surface area contributed by atoms with Crippen LogP contribution < -0.4 is 0 Å². The lowest BCUT2D eigenvalue weighted by Crippen LogP contribution is -2.50. The quantitative estimate of drug-likeness (QED) is 0.892. The van der Waals surface area contributed by atoms with Gasteiger partial charge in [-0.05, 0) is 31.4 Å². The number of morpholine rings is 1. The van der Waals surface area contributed by atoms with Crippen LogP contribution >= 0.6 is 0 Å². The first-order valence-corrected chi connectivity index (χ1v) is 8.91. The molecule has 2 aliphatic rings. The molecule has 0 aliphatic carbocycles. The molecular formula is C19H28N2O3. The van der Waals surface area contributed by atoms with Crippen molar-refractivity contribution in [3.8, 4) is 0 Å². The molecular weight excluding hydrogens is 304 g/mol. The van der Waals surface area contributed by atoms with E-state index in [1.165, 1.54) is 11.1 Å². The molecule has 1 aromatic carbocycles. The van der Waals surface area contributed by atoms with E-state index in [1.54, 1.807) is 4.90 Å². The van der Waals surface area contributed by atoms with Crippen LogP contribution in [0.1, 0.15) is 37.0 Å². The van der Waals surface area contributed by atoms with Gasteiger partial charge in [-0.1, -0.05) is 24.3 Å². The fourth-order valence-electron chi connectivity index (χ4n) is 3.68. The monoisotopic (exact) mass is 332 g/mol. The Morgan fingerprint density at radius 2 is 2.12 bits per heavy atom. The number of benzene rings is 1. The van der Waals surface area contributed by atoms with Crippen molar-refractivity contribution in [1.82, 2.24) is 9.80 Å². The highest BCUT2D eigenvalue weighted by Gasteiger charge is 2.30. The van der Waals surface area contributed by atoms with Crippen LogP contribution in [0.3, 0.4) is 0 Å². The number of ether oxygens (including phenoxy) is 1. The Morgan fingerprint density at radius 3 is 2.83 bits per heavy atom. The second-order valence-corrected chi connectivity index (χ2v) is 7.08. The Hall–Kier alpha value is -1.43. The normalized spacial score (nSPS) is 26.8. The van der Waals surface area contributed by atoms with Gasteiger partial charge < -0.3 is 14.7 Å². The number of carbonyl (C=O) groups is 1. The van der Waals surface area contributed by atoms with Gasteiger partial charge in [-0.25, -0.2) is 0 Å². The van der Waals surface area contributed by atoms with Crippen molar-refractivity contribution in [3.05, 3.63) is 35.4 Å². The van der Waals surface area contributed by atoms with Gasteiger partial charge >= 0.3 is 0 Å². The molecule has 0 spiro atoms. The summed E-state index contributed by atoms with van der Waals surface area (Å²) in [6, 6.07) is 8.58. The van der Waals surface area contributed by atoms with Crippen LogP contribution in [0.15, 0.2) is 24.3 Å². The summed E-state index contributed by atoms with van der Waals surface area (Å²) < 4.78 is 6.03. The second kappa shape index (κ2) is 7.64. The molecule has 1 amide bonds. The van der Waals surface area contributed by atoms with Crippen LogP contribution in [-0.2, 0) is 9.53 Å². The van der Waals surface area contributed by atoms with Crippen LogP contribution in [0.25, 0.3) is 0 Å². The van der Waals surface area contributed by atoms with E-state index in [4.69, 9.17) is 4.74 Å². The third-order valence-corrected chi connectivity index (χ3v) is 5.15. The Balaban J connectivity index is 1.59. The van der Waals surface area contributed by atoms with E-state index >= 15 is 0 Å². The molecule has 2 fully saturated rings. The summed E-state index contributed by atoms with van der Waals surface area (Å²) in [5.74, 6) is 0.168. The maximum Gasteiger partial charge on any atom is 0.222 e. The Kier molecular flexibility index (Phi) is 5.54. The average molecular weight is 332 g/mol. The van der Waals surface area contributed by atoms with E-state index in [0.29, 0.717) is 26.1 Å². The number of aliphatic hydroxyl groups excluding tert-OH is 1. The van der Waals surface area contributed by atoms with Gasteiger partial charge in [0.15, 0.2) is 0 Å². The summed E-state index contributed by atoms with van der Waals surface area (Å²) in [7, 11) is 0. The van der Waals surface area contributed by atoms with Crippen LogP contribution in [0.4, 0.5) is 0 Å². The van der Waals surface area contributed by atoms with E-state index in [2.05, 4.69) is 30.9 Å². The fraction of sp³-hybridized carbons (Fsp3) is 0.632. The van der Waals surface area contributed by atoms with Gasteiger partial charge in [0, 0.05) is 38.6 Å². The molecule has 0 aromatic heterocycles. The standard InChI is InChI=1S/C19H28N2O3/c1-14-6-3-4-7-17(14)18-12-21(15(2)13-24-18)11-16(22)10-20-9-5-8-19(20)23/h3-4,6-7,15-16,18,22H,5,8-13H2,1-2H3. The number of amides is 1. The fourth-order valence-corrected chi connectivity index (χ4v) is 3.68. The molecule has 3 atom stereocenters. The minimum atomic E-state index is -0.509. The van der Waals surface area contributed by atoms with Crippen LogP contribution in [0.5, 0.6) is 0 Å².